The van der Waals surface area contributed by atoms with Crippen molar-refractivity contribution in [1.29, 1.82) is 0 Å². The molecule has 0 fully saturated rings. The van der Waals surface area contributed by atoms with E-state index in [2.05, 4.69) is 46.8 Å². The van der Waals surface area contributed by atoms with Gasteiger partial charge in [0.1, 0.15) is 0 Å². The molecule has 1 aromatic carbocycles. The van der Waals surface area contributed by atoms with Crippen LogP contribution >= 0.6 is 15.9 Å². The van der Waals surface area contributed by atoms with E-state index in [1.54, 1.807) is 7.11 Å². The molecular formula is C15H25BrN2O. The molecule has 3 nitrogen and oxygen atoms in total. The first-order valence-electron chi connectivity index (χ1n) is 6.81. The maximum Gasteiger partial charge on any atom is 0.0637 e. The summed E-state index contributed by atoms with van der Waals surface area (Å²) < 4.78 is 6.32. The molecule has 19 heavy (non-hydrogen) atoms. The van der Waals surface area contributed by atoms with Crippen LogP contribution in [0.4, 0.5) is 5.69 Å². The molecule has 0 aliphatic carbocycles. The van der Waals surface area contributed by atoms with Crippen LogP contribution in [0.15, 0.2) is 22.7 Å². The number of benzene rings is 1. The fraction of sp³-hybridized carbons (Fsp3) is 0.600. The Balaban J connectivity index is 3.15. The van der Waals surface area contributed by atoms with E-state index in [1.165, 1.54) is 11.3 Å². The summed E-state index contributed by atoms with van der Waals surface area (Å²) in [7, 11) is 1.74. The molecular weight excluding hydrogens is 304 g/mol. The van der Waals surface area contributed by atoms with Crippen LogP contribution in [0.1, 0.15) is 38.8 Å². The third kappa shape index (κ3) is 4.48. The van der Waals surface area contributed by atoms with E-state index in [9.17, 15) is 0 Å². The monoisotopic (exact) mass is 328 g/mol. The first-order chi connectivity index (χ1) is 9.01. The van der Waals surface area contributed by atoms with Gasteiger partial charge in [-0.3, -0.25) is 0 Å². The van der Waals surface area contributed by atoms with E-state index < -0.39 is 0 Å². The summed E-state index contributed by atoms with van der Waals surface area (Å²) in [6, 6.07) is 6.79. The van der Waals surface area contributed by atoms with E-state index in [0.717, 1.165) is 24.0 Å². The lowest BCUT2D eigenvalue weighted by Gasteiger charge is -2.33. The van der Waals surface area contributed by atoms with Crippen LogP contribution < -0.4 is 10.6 Å². The fourth-order valence-electron chi connectivity index (χ4n) is 2.14. The molecule has 0 radical (unpaired) electrons. The predicted octanol–water partition coefficient (Wildman–Crippen LogP) is 3.72. The van der Waals surface area contributed by atoms with Crippen LogP contribution in [0.2, 0.25) is 0 Å². The summed E-state index contributed by atoms with van der Waals surface area (Å²) >= 11 is 3.55. The van der Waals surface area contributed by atoms with Crippen molar-refractivity contribution in [1.82, 2.24) is 0 Å². The molecule has 2 atom stereocenters. The van der Waals surface area contributed by atoms with Crippen molar-refractivity contribution >= 4 is 21.6 Å². The molecule has 1 rings (SSSR count). The molecule has 0 saturated heterocycles. The molecule has 2 unspecified atom stereocenters. The van der Waals surface area contributed by atoms with Crippen molar-refractivity contribution in [3.63, 3.8) is 0 Å². The third-order valence-corrected chi connectivity index (χ3v) is 3.94. The Morgan fingerprint density at radius 2 is 2.05 bits per heavy atom. The molecule has 0 aliphatic rings. The fourth-order valence-corrected chi connectivity index (χ4v) is 2.49. The number of methoxy groups -OCH3 is 1. The first kappa shape index (κ1) is 16.5. The molecule has 0 amide bonds. The maximum absolute atomic E-state index is 6.10. The maximum atomic E-state index is 6.10. The number of ether oxygens (including phenoxy) is 1. The Hall–Kier alpha value is -0.580. The van der Waals surface area contributed by atoms with Gasteiger partial charge in [0.25, 0.3) is 0 Å². The van der Waals surface area contributed by atoms with Gasteiger partial charge < -0.3 is 15.4 Å². The number of rotatable bonds is 7. The van der Waals surface area contributed by atoms with E-state index in [1.807, 2.05) is 13.0 Å². The highest BCUT2D eigenvalue weighted by Crippen LogP contribution is 2.30. The highest BCUT2D eigenvalue weighted by molar-refractivity contribution is 9.10. The molecule has 0 spiro atoms. The number of hydrogen-bond acceptors (Lipinski definition) is 3. The van der Waals surface area contributed by atoms with Gasteiger partial charge in [-0.1, -0.05) is 28.9 Å². The number of anilines is 1. The Bertz CT molecular complexity index is 396. The van der Waals surface area contributed by atoms with Crippen LogP contribution in [-0.4, -0.2) is 26.3 Å². The SMILES string of the molecule is CCC(C)N(CCOC)c1cc(Br)ccc1C(C)N. The van der Waals surface area contributed by atoms with Gasteiger partial charge in [-0.25, -0.2) is 0 Å². The summed E-state index contributed by atoms with van der Waals surface area (Å²) in [6.07, 6.45) is 1.09. The second-order valence-corrected chi connectivity index (χ2v) is 5.85. The minimum atomic E-state index is 0.0252. The van der Waals surface area contributed by atoms with Gasteiger partial charge in [0.15, 0.2) is 0 Å². The van der Waals surface area contributed by atoms with E-state index in [0.29, 0.717) is 6.04 Å². The molecule has 2 N–H and O–H groups in total. The van der Waals surface area contributed by atoms with E-state index in [-0.39, 0.29) is 6.04 Å². The smallest absolute Gasteiger partial charge is 0.0637 e. The van der Waals surface area contributed by atoms with Crippen molar-refractivity contribution in [3.8, 4) is 0 Å². The van der Waals surface area contributed by atoms with Crippen molar-refractivity contribution < 1.29 is 4.74 Å². The lowest BCUT2D eigenvalue weighted by molar-refractivity contribution is 0.203. The summed E-state index contributed by atoms with van der Waals surface area (Å²) in [5.74, 6) is 0. The van der Waals surface area contributed by atoms with Gasteiger partial charge in [0.2, 0.25) is 0 Å². The molecule has 108 valence electrons. The molecule has 0 saturated carbocycles. The highest BCUT2D eigenvalue weighted by Gasteiger charge is 2.18. The zero-order chi connectivity index (χ0) is 14.4. The second kappa shape index (κ2) is 7.88. The van der Waals surface area contributed by atoms with Crippen molar-refractivity contribution in [3.05, 3.63) is 28.2 Å². The average Bonchev–Trinajstić information content (AvgIpc) is 2.38. The predicted molar refractivity (Wildman–Crippen MR) is 85.7 cm³/mol. The van der Waals surface area contributed by atoms with Gasteiger partial charge in [-0.2, -0.15) is 0 Å². The summed E-state index contributed by atoms with van der Waals surface area (Å²) in [5, 5.41) is 0. The molecule has 1 aromatic rings. The molecule has 0 bridgehead atoms. The molecule has 0 aliphatic heterocycles. The van der Waals surface area contributed by atoms with Gasteiger partial charge >= 0.3 is 0 Å². The van der Waals surface area contributed by atoms with Crippen molar-refractivity contribution in [2.24, 2.45) is 5.73 Å². The summed E-state index contributed by atoms with van der Waals surface area (Å²) in [5.41, 5.74) is 8.48. The Morgan fingerprint density at radius 3 is 2.58 bits per heavy atom. The quantitative estimate of drug-likeness (QED) is 0.829. The minimum Gasteiger partial charge on any atom is -0.383 e. The van der Waals surface area contributed by atoms with Crippen molar-refractivity contribution in [2.75, 3.05) is 25.2 Å². The summed E-state index contributed by atoms with van der Waals surface area (Å²) in [4.78, 5) is 2.38. The Labute approximate surface area is 125 Å². The standard InChI is InChI=1S/C15H25BrN2O/c1-5-11(2)18(8-9-19-4)15-10-13(16)6-7-14(15)12(3)17/h6-7,10-12H,5,8-9,17H2,1-4H3. The lowest BCUT2D eigenvalue weighted by atomic mass is 10.0. The van der Waals surface area contributed by atoms with Gasteiger partial charge in [0.05, 0.1) is 6.61 Å². The normalized spacial score (nSPS) is 14.2. The summed E-state index contributed by atoms with van der Waals surface area (Å²) in [6.45, 7) is 8.06. The highest BCUT2D eigenvalue weighted by atomic mass is 79.9. The van der Waals surface area contributed by atoms with Crippen LogP contribution in [0, 0.1) is 0 Å². The zero-order valence-corrected chi connectivity index (χ0v) is 13.9. The van der Waals surface area contributed by atoms with Crippen LogP contribution in [0.3, 0.4) is 0 Å². The van der Waals surface area contributed by atoms with E-state index >= 15 is 0 Å². The largest absolute Gasteiger partial charge is 0.383 e. The van der Waals surface area contributed by atoms with Crippen molar-refractivity contribution in [2.45, 2.75) is 39.3 Å². The zero-order valence-electron chi connectivity index (χ0n) is 12.3. The molecule has 0 heterocycles. The van der Waals surface area contributed by atoms with Crippen LogP contribution in [0.5, 0.6) is 0 Å². The van der Waals surface area contributed by atoms with Gasteiger partial charge in [-0.15, -0.1) is 0 Å². The lowest BCUT2D eigenvalue weighted by Crippen LogP contribution is -2.36. The van der Waals surface area contributed by atoms with Gasteiger partial charge in [-0.05, 0) is 38.0 Å². The minimum absolute atomic E-state index is 0.0252. The average molecular weight is 329 g/mol. The van der Waals surface area contributed by atoms with E-state index in [4.69, 9.17) is 10.5 Å². The topological polar surface area (TPSA) is 38.5 Å². The van der Waals surface area contributed by atoms with Gasteiger partial charge in [0, 0.05) is 35.9 Å². The first-order valence-corrected chi connectivity index (χ1v) is 7.61. The number of nitrogens with zero attached hydrogens (tertiary/aromatic N) is 1. The Morgan fingerprint density at radius 1 is 1.37 bits per heavy atom. The van der Waals surface area contributed by atoms with Crippen LogP contribution in [-0.2, 0) is 4.74 Å². The second-order valence-electron chi connectivity index (χ2n) is 4.94. The third-order valence-electron chi connectivity index (χ3n) is 3.45. The Kier molecular flexibility index (Phi) is 6.83. The number of hydrogen-bond donors (Lipinski definition) is 1. The van der Waals surface area contributed by atoms with Crippen LogP contribution in [0.25, 0.3) is 0 Å². The number of nitrogens with two attached hydrogens (primary N) is 1. The number of halogens is 1. The molecule has 0 aromatic heterocycles. The molecule has 4 heteroatoms.